The SMILES string of the molecule is CN(C)CC1CNc2c(coc2C(=O)O)N1. The fourth-order valence-corrected chi connectivity index (χ4v) is 1.84. The maximum Gasteiger partial charge on any atom is 0.374 e. The summed E-state index contributed by atoms with van der Waals surface area (Å²) < 4.78 is 4.99. The van der Waals surface area contributed by atoms with Crippen molar-refractivity contribution in [3.63, 3.8) is 0 Å². The van der Waals surface area contributed by atoms with E-state index in [4.69, 9.17) is 9.52 Å². The van der Waals surface area contributed by atoms with Crippen molar-refractivity contribution in [3.05, 3.63) is 12.0 Å². The summed E-state index contributed by atoms with van der Waals surface area (Å²) in [6.07, 6.45) is 1.44. The summed E-state index contributed by atoms with van der Waals surface area (Å²) in [7, 11) is 3.99. The van der Waals surface area contributed by atoms with E-state index in [0.717, 1.165) is 12.2 Å². The molecule has 6 heteroatoms. The lowest BCUT2D eigenvalue weighted by Crippen LogP contribution is -2.40. The van der Waals surface area contributed by atoms with E-state index in [1.54, 1.807) is 0 Å². The van der Waals surface area contributed by atoms with Crippen LogP contribution < -0.4 is 10.6 Å². The molecule has 1 aromatic heterocycles. The summed E-state index contributed by atoms with van der Waals surface area (Å²) in [6.45, 7) is 1.56. The van der Waals surface area contributed by atoms with Crippen molar-refractivity contribution in [2.24, 2.45) is 0 Å². The normalized spacial score (nSPS) is 18.8. The van der Waals surface area contributed by atoms with Crippen molar-refractivity contribution in [2.45, 2.75) is 6.04 Å². The van der Waals surface area contributed by atoms with Gasteiger partial charge in [0, 0.05) is 13.1 Å². The van der Waals surface area contributed by atoms with E-state index in [1.165, 1.54) is 6.26 Å². The van der Waals surface area contributed by atoms with Gasteiger partial charge in [0.2, 0.25) is 5.76 Å². The van der Waals surface area contributed by atoms with E-state index in [-0.39, 0.29) is 11.8 Å². The molecule has 3 N–H and O–H groups in total. The van der Waals surface area contributed by atoms with Crippen LogP contribution in [0.5, 0.6) is 0 Å². The maximum absolute atomic E-state index is 10.8. The predicted molar refractivity (Wildman–Crippen MR) is 60.1 cm³/mol. The molecule has 2 rings (SSSR count). The Morgan fingerprint density at radius 3 is 3.06 bits per heavy atom. The van der Waals surface area contributed by atoms with Crippen molar-refractivity contribution < 1.29 is 14.3 Å². The number of carbonyl (C=O) groups is 1. The highest BCUT2D eigenvalue weighted by atomic mass is 16.4. The molecule has 0 saturated carbocycles. The minimum Gasteiger partial charge on any atom is -0.475 e. The number of anilines is 2. The average Bonchev–Trinajstić information content (AvgIpc) is 2.59. The molecule has 1 aliphatic rings. The first kappa shape index (κ1) is 10.8. The van der Waals surface area contributed by atoms with Gasteiger partial charge in [0.15, 0.2) is 0 Å². The van der Waals surface area contributed by atoms with Gasteiger partial charge in [0.1, 0.15) is 12.0 Å². The van der Waals surface area contributed by atoms with Crippen molar-refractivity contribution in [1.82, 2.24) is 4.90 Å². The highest BCUT2D eigenvalue weighted by molar-refractivity contribution is 5.95. The third-order valence-electron chi connectivity index (χ3n) is 2.46. The van der Waals surface area contributed by atoms with Crippen LogP contribution in [0.3, 0.4) is 0 Å². The van der Waals surface area contributed by atoms with E-state index in [0.29, 0.717) is 12.2 Å². The average molecular weight is 225 g/mol. The number of nitrogens with one attached hydrogen (secondary N) is 2. The number of rotatable bonds is 3. The van der Waals surface area contributed by atoms with E-state index in [1.807, 2.05) is 14.1 Å². The molecule has 1 atom stereocenters. The Hall–Kier alpha value is -1.69. The van der Waals surface area contributed by atoms with E-state index >= 15 is 0 Å². The molecule has 1 aromatic rings. The Bertz CT molecular complexity index is 400. The third-order valence-corrected chi connectivity index (χ3v) is 2.46. The van der Waals surface area contributed by atoms with Crippen molar-refractivity contribution >= 4 is 17.3 Å². The Kier molecular flexibility index (Phi) is 2.74. The van der Waals surface area contributed by atoms with Gasteiger partial charge in [-0.25, -0.2) is 4.79 Å². The summed E-state index contributed by atoms with van der Waals surface area (Å²) in [4.78, 5) is 12.9. The predicted octanol–water partition coefficient (Wildman–Crippen LogP) is 0.745. The Morgan fingerprint density at radius 1 is 1.69 bits per heavy atom. The van der Waals surface area contributed by atoms with Gasteiger partial charge in [-0.1, -0.05) is 0 Å². The molecule has 16 heavy (non-hydrogen) atoms. The number of likely N-dealkylation sites (N-methyl/N-ethyl adjacent to an activating group) is 1. The molecule has 0 radical (unpaired) electrons. The number of hydrogen-bond donors (Lipinski definition) is 3. The van der Waals surface area contributed by atoms with Gasteiger partial charge in [-0.05, 0) is 14.1 Å². The highest BCUT2D eigenvalue weighted by Crippen LogP contribution is 2.31. The molecule has 1 unspecified atom stereocenters. The van der Waals surface area contributed by atoms with Gasteiger partial charge in [0.25, 0.3) is 0 Å². The number of carboxylic acid groups (broad SMARTS) is 1. The van der Waals surface area contributed by atoms with Gasteiger partial charge < -0.3 is 25.1 Å². The Balaban J connectivity index is 2.14. The van der Waals surface area contributed by atoms with Gasteiger partial charge >= 0.3 is 5.97 Å². The topological polar surface area (TPSA) is 77.7 Å². The smallest absolute Gasteiger partial charge is 0.374 e. The van der Waals surface area contributed by atoms with E-state index in [2.05, 4.69) is 15.5 Å². The minimum atomic E-state index is -1.05. The van der Waals surface area contributed by atoms with Gasteiger partial charge in [-0.2, -0.15) is 0 Å². The lowest BCUT2D eigenvalue weighted by Gasteiger charge is -2.28. The standard InChI is InChI=1S/C10H15N3O3/c1-13(2)4-6-3-11-8-7(12-6)5-16-9(8)10(14)15/h5-6,11-12H,3-4H2,1-2H3,(H,14,15). The van der Waals surface area contributed by atoms with Crippen LogP contribution in [-0.4, -0.2) is 49.2 Å². The van der Waals surface area contributed by atoms with Gasteiger partial charge in [0.05, 0.1) is 11.7 Å². The maximum atomic E-state index is 10.8. The Labute approximate surface area is 93.2 Å². The molecule has 0 aliphatic carbocycles. The summed E-state index contributed by atoms with van der Waals surface area (Å²) in [5.41, 5.74) is 1.26. The molecule has 0 amide bonds. The fraction of sp³-hybridized carbons (Fsp3) is 0.500. The first-order valence-electron chi connectivity index (χ1n) is 5.08. The van der Waals surface area contributed by atoms with Crippen LogP contribution in [0.15, 0.2) is 10.7 Å². The van der Waals surface area contributed by atoms with Crippen LogP contribution in [0, 0.1) is 0 Å². The highest BCUT2D eigenvalue weighted by Gasteiger charge is 2.25. The van der Waals surface area contributed by atoms with E-state index in [9.17, 15) is 4.79 Å². The molecule has 0 aromatic carbocycles. The van der Waals surface area contributed by atoms with Crippen LogP contribution in [0.1, 0.15) is 10.6 Å². The molecule has 6 nitrogen and oxygen atoms in total. The zero-order chi connectivity index (χ0) is 11.7. The first-order valence-corrected chi connectivity index (χ1v) is 5.08. The molecule has 2 heterocycles. The van der Waals surface area contributed by atoms with Crippen molar-refractivity contribution in [1.29, 1.82) is 0 Å². The largest absolute Gasteiger partial charge is 0.475 e. The molecular weight excluding hydrogens is 210 g/mol. The second-order valence-electron chi connectivity index (χ2n) is 4.14. The summed E-state index contributed by atoms with van der Waals surface area (Å²) in [5, 5.41) is 15.2. The number of fused-ring (bicyclic) bond motifs is 1. The van der Waals surface area contributed by atoms with Gasteiger partial charge in [-0.15, -0.1) is 0 Å². The lowest BCUT2D eigenvalue weighted by atomic mass is 10.2. The number of hydrogen-bond acceptors (Lipinski definition) is 5. The quantitative estimate of drug-likeness (QED) is 0.704. The minimum absolute atomic E-state index is 0.0363. The molecule has 0 spiro atoms. The molecule has 88 valence electrons. The second kappa shape index (κ2) is 4.05. The van der Waals surface area contributed by atoms with Crippen LogP contribution in [0.25, 0.3) is 0 Å². The Morgan fingerprint density at radius 2 is 2.44 bits per heavy atom. The summed E-state index contributed by atoms with van der Waals surface area (Å²) >= 11 is 0. The fourth-order valence-electron chi connectivity index (χ4n) is 1.84. The number of nitrogens with zero attached hydrogens (tertiary/aromatic N) is 1. The van der Waals surface area contributed by atoms with Crippen molar-refractivity contribution in [2.75, 3.05) is 37.8 Å². The molecular formula is C10H15N3O3. The van der Waals surface area contributed by atoms with Crippen molar-refractivity contribution in [3.8, 4) is 0 Å². The molecule has 0 bridgehead atoms. The second-order valence-corrected chi connectivity index (χ2v) is 4.14. The third kappa shape index (κ3) is 1.96. The number of aromatic carboxylic acids is 1. The van der Waals surface area contributed by atoms with Crippen LogP contribution in [-0.2, 0) is 0 Å². The number of furan rings is 1. The zero-order valence-electron chi connectivity index (χ0n) is 9.28. The lowest BCUT2D eigenvalue weighted by molar-refractivity contribution is 0.0664. The molecule has 0 fully saturated rings. The van der Waals surface area contributed by atoms with E-state index < -0.39 is 5.97 Å². The molecule has 1 aliphatic heterocycles. The number of carboxylic acids is 1. The zero-order valence-corrected chi connectivity index (χ0v) is 9.28. The monoisotopic (exact) mass is 225 g/mol. The molecule has 0 saturated heterocycles. The summed E-state index contributed by atoms with van der Waals surface area (Å²) in [6, 6.07) is 0.252. The van der Waals surface area contributed by atoms with Crippen LogP contribution in [0.4, 0.5) is 11.4 Å². The van der Waals surface area contributed by atoms with Gasteiger partial charge in [-0.3, -0.25) is 0 Å². The first-order chi connectivity index (χ1) is 7.58. The van der Waals surface area contributed by atoms with Crippen LogP contribution >= 0.6 is 0 Å². The summed E-state index contributed by atoms with van der Waals surface area (Å²) in [5.74, 6) is -1.09. The van der Waals surface area contributed by atoms with Crippen LogP contribution in [0.2, 0.25) is 0 Å².